The molecule has 2 heterocycles. The van der Waals surface area contributed by atoms with Crippen molar-refractivity contribution in [3.05, 3.63) is 101 Å². The molecule has 1 saturated heterocycles. The largest absolute Gasteiger partial charge is 0.343 e. The molecule has 0 unspecified atom stereocenters. The van der Waals surface area contributed by atoms with Crippen LogP contribution in [0.3, 0.4) is 0 Å². The molecule has 0 aliphatic carbocycles. The number of likely N-dealkylation sites (tertiary alicyclic amines) is 1. The fourth-order valence-corrected chi connectivity index (χ4v) is 4.11. The Morgan fingerprint density at radius 3 is 2.17 bits per heavy atom. The first-order chi connectivity index (χ1) is 14.3. The standard InChI is InChI=1S/C26H28N2O/c29-26(15-14-21-8-3-1-4-9-21)28-18-16-23(17-19-28)25-13-7-12-24(27-25)20-22-10-5-2-6-11-22/h1-13,23H,14-20H2. The van der Waals surface area contributed by atoms with E-state index >= 15 is 0 Å². The van der Waals surface area contributed by atoms with Crippen LogP contribution >= 0.6 is 0 Å². The van der Waals surface area contributed by atoms with Gasteiger partial charge in [-0.1, -0.05) is 66.7 Å². The van der Waals surface area contributed by atoms with E-state index in [2.05, 4.69) is 54.6 Å². The number of aryl methyl sites for hydroxylation is 1. The molecule has 0 spiro atoms. The van der Waals surface area contributed by atoms with Crippen molar-refractivity contribution in [2.45, 2.75) is 38.0 Å². The molecule has 0 bridgehead atoms. The molecular formula is C26H28N2O. The Bertz CT molecular complexity index is 916. The Balaban J connectivity index is 1.30. The van der Waals surface area contributed by atoms with Crippen LogP contribution in [0.2, 0.25) is 0 Å². The molecular weight excluding hydrogens is 356 g/mol. The fourth-order valence-electron chi connectivity index (χ4n) is 4.11. The first-order valence-corrected chi connectivity index (χ1v) is 10.6. The van der Waals surface area contributed by atoms with Crippen molar-refractivity contribution in [2.24, 2.45) is 0 Å². The minimum absolute atomic E-state index is 0.276. The molecule has 148 valence electrons. The molecule has 3 heteroatoms. The van der Waals surface area contributed by atoms with E-state index in [1.807, 2.05) is 29.2 Å². The Morgan fingerprint density at radius 1 is 0.828 bits per heavy atom. The van der Waals surface area contributed by atoms with Crippen molar-refractivity contribution in [3.63, 3.8) is 0 Å². The van der Waals surface area contributed by atoms with E-state index in [9.17, 15) is 4.79 Å². The third-order valence-corrected chi connectivity index (χ3v) is 5.79. The second-order valence-corrected chi connectivity index (χ2v) is 7.86. The number of carbonyl (C=O) groups excluding carboxylic acids is 1. The van der Waals surface area contributed by atoms with E-state index in [4.69, 9.17) is 4.98 Å². The first-order valence-electron chi connectivity index (χ1n) is 10.6. The highest BCUT2D eigenvalue weighted by Gasteiger charge is 2.24. The van der Waals surface area contributed by atoms with Crippen LogP contribution in [0.25, 0.3) is 0 Å². The molecule has 1 aliphatic rings. The number of pyridine rings is 1. The molecule has 2 aromatic carbocycles. The van der Waals surface area contributed by atoms with Crippen LogP contribution < -0.4 is 0 Å². The molecule has 3 aromatic rings. The number of hydrogen-bond acceptors (Lipinski definition) is 2. The zero-order valence-electron chi connectivity index (χ0n) is 16.8. The van der Waals surface area contributed by atoms with Crippen LogP contribution in [-0.4, -0.2) is 28.9 Å². The van der Waals surface area contributed by atoms with Gasteiger partial charge in [0.05, 0.1) is 0 Å². The summed E-state index contributed by atoms with van der Waals surface area (Å²) in [5.41, 5.74) is 4.82. The Morgan fingerprint density at radius 2 is 1.48 bits per heavy atom. The summed E-state index contributed by atoms with van der Waals surface area (Å²) in [6.45, 7) is 1.67. The topological polar surface area (TPSA) is 33.2 Å². The van der Waals surface area contributed by atoms with Crippen molar-refractivity contribution >= 4 is 5.91 Å². The molecule has 0 saturated carbocycles. The zero-order valence-corrected chi connectivity index (χ0v) is 16.8. The number of carbonyl (C=O) groups is 1. The number of amides is 1. The fraction of sp³-hybridized carbons (Fsp3) is 0.308. The number of nitrogens with zero attached hydrogens (tertiary/aromatic N) is 2. The monoisotopic (exact) mass is 384 g/mol. The molecule has 0 atom stereocenters. The molecule has 4 rings (SSSR count). The SMILES string of the molecule is O=C(CCc1ccccc1)N1CCC(c2cccc(Cc3ccccc3)n2)CC1. The Labute approximate surface area is 173 Å². The molecule has 3 nitrogen and oxygen atoms in total. The summed E-state index contributed by atoms with van der Waals surface area (Å²) in [6, 6.07) is 27.1. The van der Waals surface area contributed by atoms with Crippen LogP contribution in [0.1, 0.15) is 47.7 Å². The van der Waals surface area contributed by atoms with Gasteiger partial charge in [-0.05, 0) is 42.5 Å². The smallest absolute Gasteiger partial charge is 0.222 e. The normalized spacial score (nSPS) is 14.7. The van der Waals surface area contributed by atoms with E-state index in [0.717, 1.165) is 44.5 Å². The Kier molecular flexibility index (Phi) is 6.35. The number of aromatic nitrogens is 1. The van der Waals surface area contributed by atoms with Crippen molar-refractivity contribution in [3.8, 4) is 0 Å². The summed E-state index contributed by atoms with van der Waals surface area (Å²) in [6.07, 6.45) is 4.28. The highest BCUT2D eigenvalue weighted by Crippen LogP contribution is 2.27. The maximum absolute atomic E-state index is 12.6. The van der Waals surface area contributed by atoms with Gasteiger partial charge in [0.1, 0.15) is 0 Å². The average molecular weight is 385 g/mol. The quantitative estimate of drug-likeness (QED) is 0.598. The molecule has 1 amide bonds. The third-order valence-electron chi connectivity index (χ3n) is 5.79. The minimum atomic E-state index is 0.276. The van der Waals surface area contributed by atoms with Gasteiger partial charge in [-0.15, -0.1) is 0 Å². The van der Waals surface area contributed by atoms with Gasteiger partial charge in [0.25, 0.3) is 0 Å². The molecule has 1 fully saturated rings. The lowest BCUT2D eigenvalue weighted by Crippen LogP contribution is -2.38. The number of hydrogen-bond donors (Lipinski definition) is 0. The number of rotatable bonds is 6. The van der Waals surface area contributed by atoms with Crippen molar-refractivity contribution in [1.29, 1.82) is 0 Å². The van der Waals surface area contributed by atoms with Gasteiger partial charge >= 0.3 is 0 Å². The van der Waals surface area contributed by atoms with Gasteiger partial charge in [0, 0.05) is 43.2 Å². The van der Waals surface area contributed by atoms with E-state index in [-0.39, 0.29) is 5.91 Å². The lowest BCUT2D eigenvalue weighted by molar-refractivity contribution is -0.132. The van der Waals surface area contributed by atoms with Crippen LogP contribution in [-0.2, 0) is 17.6 Å². The van der Waals surface area contributed by atoms with Gasteiger partial charge in [-0.2, -0.15) is 0 Å². The van der Waals surface area contributed by atoms with E-state index in [1.54, 1.807) is 0 Å². The summed E-state index contributed by atoms with van der Waals surface area (Å²) >= 11 is 0. The van der Waals surface area contributed by atoms with Crippen LogP contribution in [0.4, 0.5) is 0 Å². The maximum Gasteiger partial charge on any atom is 0.222 e. The van der Waals surface area contributed by atoms with Gasteiger partial charge in [-0.3, -0.25) is 9.78 Å². The predicted molar refractivity (Wildman–Crippen MR) is 117 cm³/mol. The number of piperidine rings is 1. The van der Waals surface area contributed by atoms with Crippen LogP contribution in [0.5, 0.6) is 0 Å². The second kappa shape index (κ2) is 9.51. The van der Waals surface area contributed by atoms with Crippen molar-refractivity contribution in [2.75, 3.05) is 13.1 Å². The molecule has 1 aliphatic heterocycles. The summed E-state index contributed by atoms with van der Waals surface area (Å²) in [5.74, 6) is 0.724. The summed E-state index contributed by atoms with van der Waals surface area (Å²) in [5, 5.41) is 0. The van der Waals surface area contributed by atoms with Gasteiger partial charge in [0.2, 0.25) is 5.91 Å². The van der Waals surface area contributed by atoms with E-state index < -0.39 is 0 Å². The molecule has 0 radical (unpaired) electrons. The summed E-state index contributed by atoms with van der Waals surface area (Å²) in [4.78, 5) is 19.6. The van der Waals surface area contributed by atoms with Gasteiger partial charge in [-0.25, -0.2) is 0 Å². The maximum atomic E-state index is 12.6. The Hall–Kier alpha value is -2.94. The van der Waals surface area contributed by atoms with Crippen molar-refractivity contribution < 1.29 is 4.79 Å². The highest BCUT2D eigenvalue weighted by molar-refractivity contribution is 5.76. The molecule has 0 N–H and O–H groups in total. The minimum Gasteiger partial charge on any atom is -0.343 e. The summed E-state index contributed by atoms with van der Waals surface area (Å²) in [7, 11) is 0. The summed E-state index contributed by atoms with van der Waals surface area (Å²) < 4.78 is 0. The van der Waals surface area contributed by atoms with Crippen LogP contribution in [0, 0.1) is 0 Å². The first kappa shape index (κ1) is 19.4. The second-order valence-electron chi connectivity index (χ2n) is 7.86. The van der Waals surface area contributed by atoms with Gasteiger partial charge < -0.3 is 4.90 Å². The lowest BCUT2D eigenvalue weighted by atomic mass is 9.92. The van der Waals surface area contributed by atoms with E-state index in [0.29, 0.717) is 12.3 Å². The lowest BCUT2D eigenvalue weighted by Gasteiger charge is -2.32. The van der Waals surface area contributed by atoms with Crippen LogP contribution in [0.15, 0.2) is 78.9 Å². The van der Waals surface area contributed by atoms with Gasteiger partial charge in [0.15, 0.2) is 0 Å². The zero-order chi connectivity index (χ0) is 19.9. The number of benzene rings is 2. The molecule has 1 aromatic heterocycles. The average Bonchev–Trinajstić information content (AvgIpc) is 2.79. The van der Waals surface area contributed by atoms with Crippen molar-refractivity contribution in [1.82, 2.24) is 9.88 Å². The van der Waals surface area contributed by atoms with E-state index in [1.165, 1.54) is 16.8 Å². The highest BCUT2D eigenvalue weighted by atomic mass is 16.2. The predicted octanol–water partition coefficient (Wildman–Crippen LogP) is 5.01. The molecule has 29 heavy (non-hydrogen) atoms. The third kappa shape index (κ3) is 5.32.